The molecule has 1 fully saturated rings. The van der Waals surface area contributed by atoms with Crippen molar-refractivity contribution in [1.82, 2.24) is 15.5 Å². The van der Waals surface area contributed by atoms with Crippen molar-refractivity contribution >= 4 is 29.5 Å². The van der Waals surface area contributed by atoms with Crippen LogP contribution in [0.25, 0.3) is 0 Å². The molecule has 0 spiro atoms. The molecule has 8 heteroatoms. The van der Waals surface area contributed by atoms with Crippen molar-refractivity contribution in [2.24, 2.45) is 5.92 Å². The van der Waals surface area contributed by atoms with Gasteiger partial charge in [-0.2, -0.15) is 0 Å². The second-order valence-electron chi connectivity index (χ2n) is 9.71. The van der Waals surface area contributed by atoms with Gasteiger partial charge in [0, 0.05) is 16.9 Å². The molecule has 0 radical (unpaired) electrons. The third-order valence-electron chi connectivity index (χ3n) is 6.96. The summed E-state index contributed by atoms with van der Waals surface area (Å²) in [7, 11) is 1.61. The van der Waals surface area contributed by atoms with Crippen LogP contribution in [0.2, 0.25) is 0 Å². The molecule has 2 aromatic carbocycles. The van der Waals surface area contributed by atoms with Crippen molar-refractivity contribution in [2.75, 3.05) is 7.11 Å². The van der Waals surface area contributed by atoms with Crippen LogP contribution in [0.15, 0.2) is 48.5 Å². The lowest BCUT2D eigenvalue weighted by molar-refractivity contribution is -0.133. The fraction of sp³-hybridized carbons (Fsp3) is 0.444. The smallest absolute Gasteiger partial charge is 0.256 e. The summed E-state index contributed by atoms with van der Waals surface area (Å²) in [6.45, 7) is 8.26. The van der Waals surface area contributed by atoms with Crippen LogP contribution in [0.3, 0.4) is 0 Å². The minimum atomic E-state index is -0.703. The zero-order chi connectivity index (χ0) is 25.3. The number of carbonyl (C=O) groups is 3. The maximum atomic E-state index is 13.7. The number of fused-ring (bicyclic) bond motifs is 3. The molecule has 0 aliphatic carbocycles. The number of carbonyl (C=O) groups excluding carboxylic acids is 3. The number of ether oxygens (including phenoxy) is 1. The molecule has 4 atom stereocenters. The van der Waals surface area contributed by atoms with E-state index in [0.29, 0.717) is 12.1 Å². The Labute approximate surface area is 211 Å². The highest BCUT2D eigenvalue weighted by atomic mass is 32.2. The van der Waals surface area contributed by atoms with Gasteiger partial charge in [0.25, 0.3) is 5.91 Å². The number of thioether (sulfide) groups is 1. The zero-order valence-corrected chi connectivity index (χ0v) is 21.6. The van der Waals surface area contributed by atoms with Crippen LogP contribution in [0.4, 0.5) is 0 Å². The quantitative estimate of drug-likeness (QED) is 0.580. The molecule has 0 unspecified atom stereocenters. The maximum absolute atomic E-state index is 13.7. The Kier molecular flexibility index (Phi) is 7.12. The third-order valence-corrected chi connectivity index (χ3v) is 8.50. The molecule has 2 aliphatic heterocycles. The lowest BCUT2D eigenvalue weighted by atomic mass is 9.95. The largest absolute Gasteiger partial charge is 0.497 e. The molecule has 0 bridgehead atoms. The zero-order valence-electron chi connectivity index (χ0n) is 20.8. The van der Waals surface area contributed by atoms with Crippen molar-refractivity contribution in [2.45, 2.75) is 62.9 Å². The van der Waals surface area contributed by atoms with Crippen molar-refractivity contribution < 1.29 is 19.1 Å². The van der Waals surface area contributed by atoms with E-state index in [4.69, 9.17) is 4.74 Å². The lowest BCUT2D eigenvalue weighted by Crippen LogP contribution is -2.58. The Morgan fingerprint density at radius 2 is 1.83 bits per heavy atom. The molecule has 3 amide bonds. The molecule has 2 aliphatic rings. The van der Waals surface area contributed by atoms with E-state index in [9.17, 15) is 14.4 Å². The molecular weight excluding hydrogens is 462 g/mol. The summed E-state index contributed by atoms with van der Waals surface area (Å²) < 4.78 is 4.68. The summed E-state index contributed by atoms with van der Waals surface area (Å²) in [6.07, 6.45) is 0.723. The molecule has 2 aromatic rings. The van der Waals surface area contributed by atoms with E-state index in [2.05, 4.69) is 10.6 Å². The predicted octanol–water partition coefficient (Wildman–Crippen LogP) is 3.89. The number of benzene rings is 2. The fourth-order valence-corrected chi connectivity index (χ4v) is 6.37. The van der Waals surface area contributed by atoms with E-state index in [-0.39, 0.29) is 29.0 Å². The molecule has 0 saturated carbocycles. The summed E-state index contributed by atoms with van der Waals surface area (Å²) in [4.78, 5) is 41.8. The van der Waals surface area contributed by atoms with Gasteiger partial charge in [0.05, 0.1) is 7.11 Å². The minimum Gasteiger partial charge on any atom is -0.497 e. The molecule has 2 heterocycles. The number of rotatable bonds is 8. The molecule has 7 nitrogen and oxygen atoms in total. The Morgan fingerprint density at radius 3 is 2.49 bits per heavy atom. The van der Waals surface area contributed by atoms with E-state index in [1.54, 1.807) is 23.8 Å². The average molecular weight is 496 g/mol. The number of methoxy groups -OCH3 is 1. The second-order valence-corrected chi connectivity index (χ2v) is 11.4. The van der Waals surface area contributed by atoms with Gasteiger partial charge in [0.1, 0.15) is 23.2 Å². The Hall–Kier alpha value is -3.00. The molecule has 1 saturated heterocycles. The highest BCUT2D eigenvalue weighted by molar-refractivity contribution is 8.01. The highest BCUT2D eigenvalue weighted by Crippen LogP contribution is 2.56. The van der Waals surface area contributed by atoms with Crippen molar-refractivity contribution in [3.8, 4) is 5.75 Å². The summed E-state index contributed by atoms with van der Waals surface area (Å²) in [6, 6.07) is 13.6. The van der Waals surface area contributed by atoms with Gasteiger partial charge in [0.15, 0.2) is 0 Å². The van der Waals surface area contributed by atoms with Gasteiger partial charge in [-0.05, 0) is 49.1 Å². The van der Waals surface area contributed by atoms with E-state index < -0.39 is 16.8 Å². The van der Waals surface area contributed by atoms with E-state index in [1.807, 2.05) is 76.2 Å². The van der Waals surface area contributed by atoms with Gasteiger partial charge >= 0.3 is 0 Å². The first kappa shape index (κ1) is 25.1. The normalized spacial score (nSPS) is 21.6. The van der Waals surface area contributed by atoms with Crippen LogP contribution in [0.1, 0.15) is 61.0 Å². The van der Waals surface area contributed by atoms with E-state index in [0.717, 1.165) is 23.3 Å². The standard InChI is InChI=1S/C27H33N3O4S/c1-6-16(2)21(23(31)28-15-17-11-13-18(34-5)14-12-17)29-24(32)22-27(3,4)35-26-20-10-8-7-9-19(20)25(33)30(22)26/h7-14,16,21-22,26H,6,15H2,1-5H3,(H,28,31)(H,29,32)/t16-,21-,22-,26+/m0/s1. The first-order valence-corrected chi connectivity index (χ1v) is 12.9. The van der Waals surface area contributed by atoms with Gasteiger partial charge in [-0.25, -0.2) is 0 Å². The van der Waals surface area contributed by atoms with Crippen LogP contribution < -0.4 is 15.4 Å². The summed E-state index contributed by atoms with van der Waals surface area (Å²) in [5.74, 6) is 0.0107. The van der Waals surface area contributed by atoms with Crippen LogP contribution >= 0.6 is 11.8 Å². The van der Waals surface area contributed by atoms with Crippen molar-refractivity contribution in [1.29, 1.82) is 0 Å². The Morgan fingerprint density at radius 1 is 1.14 bits per heavy atom. The topological polar surface area (TPSA) is 87.7 Å². The summed E-state index contributed by atoms with van der Waals surface area (Å²) in [5.41, 5.74) is 2.53. The minimum absolute atomic E-state index is 0.0748. The van der Waals surface area contributed by atoms with Crippen LogP contribution in [0.5, 0.6) is 5.75 Å². The summed E-state index contributed by atoms with van der Waals surface area (Å²) in [5, 5.41) is 5.76. The number of hydrogen-bond acceptors (Lipinski definition) is 5. The number of amides is 3. The van der Waals surface area contributed by atoms with Gasteiger partial charge in [0.2, 0.25) is 11.8 Å². The highest BCUT2D eigenvalue weighted by Gasteiger charge is 2.57. The number of nitrogens with zero attached hydrogens (tertiary/aromatic N) is 1. The van der Waals surface area contributed by atoms with Gasteiger partial charge in [-0.1, -0.05) is 50.6 Å². The number of nitrogens with one attached hydrogen (secondary N) is 2. The molecule has 4 rings (SSSR count). The van der Waals surface area contributed by atoms with Crippen molar-refractivity contribution in [3.05, 3.63) is 65.2 Å². The first-order chi connectivity index (χ1) is 16.7. The molecule has 35 heavy (non-hydrogen) atoms. The SMILES string of the molecule is CC[C@H](C)[C@H](NC(=O)[C@@H]1N2C(=O)c3ccccc3[C@H]2SC1(C)C)C(=O)NCc1ccc(OC)cc1. The second kappa shape index (κ2) is 9.93. The van der Waals surface area contributed by atoms with Crippen LogP contribution in [0, 0.1) is 5.92 Å². The molecule has 2 N–H and O–H groups in total. The fourth-order valence-electron chi connectivity index (χ4n) is 4.78. The van der Waals surface area contributed by atoms with Gasteiger partial charge < -0.3 is 20.3 Å². The van der Waals surface area contributed by atoms with Gasteiger partial charge in [-0.15, -0.1) is 11.8 Å². The van der Waals surface area contributed by atoms with Gasteiger partial charge in [-0.3, -0.25) is 14.4 Å². The predicted molar refractivity (Wildman–Crippen MR) is 137 cm³/mol. The third kappa shape index (κ3) is 4.76. The molecule has 186 valence electrons. The number of hydrogen-bond donors (Lipinski definition) is 2. The summed E-state index contributed by atoms with van der Waals surface area (Å²) >= 11 is 1.61. The van der Waals surface area contributed by atoms with Crippen LogP contribution in [-0.4, -0.2) is 46.6 Å². The van der Waals surface area contributed by atoms with E-state index >= 15 is 0 Å². The van der Waals surface area contributed by atoms with Crippen LogP contribution in [-0.2, 0) is 16.1 Å². The maximum Gasteiger partial charge on any atom is 0.256 e. The molecule has 0 aromatic heterocycles. The molecular formula is C27H33N3O4S. The Bertz CT molecular complexity index is 1120. The average Bonchev–Trinajstić information content (AvgIpc) is 3.29. The van der Waals surface area contributed by atoms with E-state index in [1.165, 1.54) is 0 Å². The lowest BCUT2D eigenvalue weighted by Gasteiger charge is -2.32. The monoisotopic (exact) mass is 495 g/mol. The van der Waals surface area contributed by atoms with Crippen molar-refractivity contribution in [3.63, 3.8) is 0 Å². The Balaban J connectivity index is 1.50. The first-order valence-electron chi connectivity index (χ1n) is 12.0.